The van der Waals surface area contributed by atoms with Gasteiger partial charge in [0, 0.05) is 9.75 Å². The minimum atomic E-state index is -4.55. The number of thiophene rings is 1. The lowest BCUT2D eigenvalue weighted by Crippen LogP contribution is -2.11. The number of aryl methyl sites for hydroxylation is 2. The molecule has 0 fully saturated rings. The van der Waals surface area contributed by atoms with Gasteiger partial charge in [0.05, 0.1) is 5.56 Å². The Balaban J connectivity index is 2.16. The zero-order valence-corrected chi connectivity index (χ0v) is 11.5. The third-order valence-corrected chi connectivity index (χ3v) is 4.02. The highest BCUT2D eigenvalue weighted by Gasteiger charge is 2.35. The van der Waals surface area contributed by atoms with Crippen molar-refractivity contribution in [1.82, 2.24) is 10.2 Å². The summed E-state index contributed by atoms with van der Waals surface area (Å²) >= 11 is 1.74. The number of carbonyl (C=O) groups is 1. The molecular weight excluding hydrogens is 299 g/mol. The summed E-state index contributed by atoms with van der Waals surface area (Å²) in [4.78, 5) is 13.6. The topological polar surface area (TPSA) is 54.9 Å². The van der Waals surface area contributed by atoms with Crippen LogP contribution in [0.2, 0.25) is 0 Å². The number of hydrogen-bond donors (Lipinski definition) is 1. The number of halogens is 3. The van der Waals surface area contributed by atoms with Gasteiger partial charge in [0.25, 0.3) is 5.91 Å². The van der Waals surface area contributed by atoms with Crippen LogP contribution in [0.1, 0.15) is 25.1 Å². The van der Waals surface area contributed by atoms with Gasteiger partial charge in [-0.15, -0.1) is 21.5 Å². The van der Waals surface area contributed by atoms with Gasteiger partial charge in [-0.1, -0.05) is 11.3 Å². The van der Waals surface area contributed by atoms with E-state index in [0.29, 0.717) is 16.9 Å². The number of nitrogens with zero attached hydrogens (tertiary/aromatic N) is 2. The molecule has 1 N–H and O–H groups in total. The third-order valence-electron chi connectivity index (χ3n) is 2.17. The van der Waals surface area contributed by atoms with Gasteiger partial charge in [-0.25, -0.2) is 0 Å². The molecule has 0 aliphatic rings. The van der Waals surface area contributed by atoms with Crippen molar-refractivity contribution in [3.8, 4) is 0 Å². The van der Waals surface area contributed by atoms with Gasteiger partial charge >= 0.3 is 6.18 Å². The zero-order chi connectivity index (χ0) is 14.2. The lowest BCUT2D eigenvalue weighted by atomic mass is 10.2. The molecule has 102 valence electrons. The monoisotopic (exact) mass is 307 g/mol. The van der Waals surface area contributed by atoms with Crippen molar-refractivity contribution in [3.05, 3.63) is 26.4 Å². The van der Waals surface area contributed by atoms with Gasteiger partial charge in [0.1, 0.15) is 0 Å². The second-order valence-electron chi connectivity index (χ2n) is 3.69. The Morgan fingerprint density at radius 3 is 2.42 bits per heavy atom. The van der Waals surface area contributed by atoms with Gasteiger partial charge in [-0.3, -0.25) is 10.1 Å². The van der Waals surface area contributed by atoms with Crippen LogP contribution in [-0.2, 0) is 6.18 Å². The molecule has 0 radical (unpaired) electrons. The predicted molar refractivity (Wildman–Crippen MR) is 66.7 cm³/mol. The van der Waals surface area contributed by atoms with Crippen molar-refractivity contribution in [1.29, 1.82) is 0 Å². The van der Waals surface area contributed by atoms with E-state index in [1.54, 1.807) is 13.0 Å². The molecule has 0 atom stereocenters. The molecule has 0 saturated heterocycles. The Morgan fingerprint density at radius 1 is 1.26 bits per heavy atom. The van der Waals surface area contributed by atoms with E-state index in [0.717, 1.165) is 9.75 Å². The quantitative estimate of drug-likeness (QED) is 0.924. The normalized spacial score (nSPS) is 11.6. The number of hydrogen-bond acceptors (Lipinski definition) is 5. The van der Waals surface area contributed by atoms with Crippen LogP contribution in [0, 0.1) is 13.8 Å². The summed E-state index contributed by atoms with van der Waals surface area (Å²) in [5.41, 5.74) is 0.436. The Labute approximate surface area is 114 Å². The van der Waals surface area contributed by atoms with Gasteiger partial charge < -0.3 is 0 Å². The van der Waals surface area contributed by atoms with Crippen molar-refractivity contribution < 1.29 is 18.0 Å². The van der Waals surface area contributed by atoms with Crippen LogP contribution < -0.4 is 5.32 Å². The SMILES string of the molecule is Cc1cc(C(=O)Nc2nnc(C(F)(F)F)s2)c(C)s1. The number of carbonyl (C=O) groups excluding carboxylic acids is 1. The Kier molecular flexibility index (Phi) is 3.59. The van der Waals surface area contributed by atoms with Crippen LogP contribution in [0.3, 0.4) is 0 Å². The molecule has 2 rings (SSSR count). The highest BCUT2D eigenvalue weighted by molar-refractivity contribution is 7.15. The van der Waals surface area contributed by atoms with Crippen molar-refractivity contribution in [2.45, 2.75) is 20.0 Å². The fourth-order valence-electron chi connectivity index (χ4n) is 1.41. The summed E-state index contributed by atoms with van der Waals surface area (Å²) in [6, 6.07) is 1.68. The van der Waals surface area contributed by atoms with E-state index in [4.69, 9.17) is 0 Å². The van der Waals surface area contributed by atoms with Gasteiger partial charge in [-0.05, 0) is 19.9 Å². The van der Waals surface area contributed by atoms with E-state index in [1.807, 2.05) is 6.92 Å². The van der Waals surface area contributed by atoms with Crippen molar-refractivity contribution in [3.63, 3.8) is 0 Å². The molecule has 4 nitrogen and oxygen atoms in total. The summed E-state index contributed by atoms with van der Waals surface area (Å²) in [6.07, 6.45) is -4.55. The molecule has 0 aliphatic carbocycles. The smallest absolute Gasteiger partial charge is 0.296 e. The molecule has 0 bridgehead atoms. The maximum atomic E-state index is 12.3. The molecule has 2 heterocycles. The first-order valence-electron chi connectivity index (χ1n) is 5.06. The highest BCUT2D eigenvalue weighted by Crippen LogP contribution is 2.33. The standard InChI is InChI=1S/C10H8F3N3OS2/c1-4-3-6(5(2)18-4)7(17)14-9-16-15-8(19-9)10(11,12)13/h3H,1-2H3,(H,14,16,17). The van der Waals surface area contributed by atoms with E-state index >= 15 is 0 Å². The third kappa shape index (κ3) is 3.10. The predicted octanol–water partition coefficient (Wildman–Crippen LogP) is 3.49. The maximum absolute atomic E-state index is 12.3. The van der Waals surface area contributed by atoms with Crippen LogP contribution in [0.4, 0.5) is 18.3 Å². The number of alkyl halides is 3. The largest absolute Gasteiger partial charge is 0.445 e. The van der Waals surface area contributed by atoms with Crippen LogP contribution in [-0.4, -0.2) is 16.1 Å². The first-order chi connectivity index (χ1) is 8.77. The molecular formula is C10H8F3N3OS2. The summed E-state index contributed by atoms with van der Waals surface area (Å²) in [7, 11) is 0. The van der Waals surface area contributed by atoms with Crippen LogP contribution in [0.5, 0.6) is 0 Å². The summed E-state index contributed by atoms with van der Waals surface area (Å²) < 4.78 is 37.0. The fourth-order valence-corrected chi connectivity index (χ4v) is 2.94. The van der Waals surface area contributed by atoms with Gasteiger partial charge in [0.2, 0.25) is 10.1 Å². The Hall–Kier alpha value is -1.48. The molecule has 0 saturated carbocycles. The van der Waals surface area contributed by atoms with Crippen molar-refractivity contribution in [2.75, 3.05) is 5.32 Å². The van der Waals surface area contributed by atoms with E-state index in [9.17, 15) is 18.0 Å². The molecule has 0 unspecified atom stereocenters. The first kappa shape index (κ1) is 13.9. The second kappa shape index (κ2) is 4.89. The van der Waals surface area contributed by atoms with Crippen LogP contribution in [0.25, 0.3) is 0 Å². The minimum absolute atomic E-state index is 0.166. The number of nitrogens with one attached hydrogen (secondary N) is 1. The van der Waals surface area contributed by atoms with Crippen LogP contribution >= 0.6 is 22.7 Å². The first-order valence-corrected chi connectivity index (χ1v) is 6.70. The number of amides is 1. The minimum Gasteiger partial charge on any atom is -0.296 e. The van der Waals surface area contributed by atoms with Gasteiger partial charge in [0.15, 0.2) is 0 Å². The van der Waals surface area contributed by atoms with E-state index in [-0.39, 0.29) is 5.13 Å². The van der Waals surface area contributed by atoms with Crippen LogP contribution in [0.15, 0.2) is 6.07 Å². The molecule has 2 aromatic heterocycles. The molecule has 0 aliphatic heterocycles. The number of anilines is 1. The molecule has 2 aromatic rings. The molecule has 9 heteroatoms. The average molecular weight is 307 g/mol. The summed E-state index contributed by atoms with van der Waals surface area (Å²) in [5, 5.41) is 7.37. The summed E-state index contributed by atoms with van der Waals surface area (Å²) in [6.45, 7) is 3.62. The van der Waals surface area contributed by atoms with E-state index < -0.39 is 17.1 Å². The molecule has 0 aromatic carbocycles. The Bertz CT molecular complexity index is 618. The fraction of sp³-hybridized carbons (Fsp3) is 0.300. The average Bonchev–Trinajstić information content (AvgIpc) is 2.84. The zero-order valence-electron chi connectivity index (χ0n) is 9.83. The lowest BCUT2D eigenvalue weighted by Gasteiger charge is -2.00. The molecule has 0 spiro atoms. The molecule has 1 amide bonds. The maximum Gasteiger partial charge on any atom is 0.445 e. The highest BCUT2D eigenvalue weighted by atomic mass is 32.1. The van der Waals surface area contributed by atoms with Crippen molar-refractivity contribution in [2.24, 2.45) is 0 Å². The lowest BCUT2D eigenvalue weighted by molar-refractivity contribution is -0.138. The Morgan fingerprint density at radius 2 is 1.95 bits per heavy atom. The summed E-state index contributed by atoms with van der Waals surface area (Å²) in [5.74, 6) is -0.480. The van der Waals surface area contributed by atoms with Crippen molar-refractivity contribution >= 4 is 33.7 Å². The number of rotatable bonds is 2. The van der Waals surface area contributed by atoms with E-state index in [1.165, 1.54) is 11.3 Å². The van der Waals surface area contributed by atoms with E-state index in [2.05, 4.69) is 15.5 Å². The number of aromatic nitrogens is 2. The van der Waals surface area contributed by atoms with Gasteiger partial charge in [-0.2, -0.15) is 13.2 Å². The second-order valence-corrected chi connectivity index (χ2v) is 6.13. The molecule has 19 heavy (non-hydrogen) atoms.